The summed E-state index contributed by atoms with van der Waals surface area (Å²) in [5.41, 5.74) is 8.35. The molecule has 3 heteroatoms. The molecule has 1 atom stereocenters. The van der Waals surface area contributed by atoms with E-state index in [1.807, 2.05) is 6.20 Å². The fraction of sp³-hybridized carbons (Fsp3) is 0.643. The highest BCUT2D eigenvalue weighted by Gasteiger charge is 2.30. The Kier molecular flexibility index (Phi) is 3.79. The van der Waals surface area contributed by atoms with E-state index in [1.165, 1.54) is 24.8 Å². The van der Waals surface area contributed by atoms with Gasteiger partial charge in [0.25, 0.3) is 0 Å². The van der Waals surface area contributed by atoms with Gasteiger partial charge in [0.05, 0.1) is 5.69 Å². The highest BCUT2D eigenvalue weighted by molar-refractivity contribution is 5.16. The normalized spacial score (nSPS) is 22.9. The lowest BCUT2D eigenvalue weighted by atomic mass is 9.92. The van der Waals surface area contributed by atoms with E-state index >= 15 is 0 Å². The molecule has 1 unspecified atom stereocenters. The van der Waals surface area contributed by atoms with E-state index in [2.05, 4.69) is 36.3 Å². The Bertz CT molecular complexity index is 373. The SMILES string of the molecule is CC1(C)CCC(NCc2ccnc(CN)c2)C1. The molecule has 0 aliphatic heterocycles. The zero-order chi connectivity index (χ0) is 12.3. The number of rotatable bonds is 4. The predicted octanol–water partition coefficient (Wildman–Crippen LogP) is 2.21. The van der Waals surface area contributed by atoms with Gasteiger partial charge in [-0.25, -0.2) is 0 Å². The molecule has 1 heterocycles. The van der Waals surface area contributed by atoms with Crippen molar-refractivity contribution in [2.24, 2.45) is 11.1 Å². The van der Waals surface area contributed by atoms with Crippen molar-refractivity contribution < 1.29 is 0 Å². The van der Waals surface area contributed by atoms with Crippen molar-refractivity contribution in [2.75, 3.05) is 0 Å². The molecule has 1 saturated carbocycles. The van der Waals surface area contributed by atoms with Crippen LogP contribution in [-0.2, 0) is 13.1 Å². The average Bonchev–Trinajstić information content (AvgIpc) is 2.67. The third-order valence-electron chi connectivity index (χ3n) is 3.65. The number of nitrogens with one attached hydrogen (secondary N) is 1. The first-order valence-electron chi connectivity index (χ1n) is 6.46. The minimum absolute atomic E-state index is 0.512. The van der Waals surface area contributed by atoms with Crippen molar-refractivity contribution in [3.8, 4) is 0 Å². The van der Waals surface area contributed by atoms with Gasteiger partial charge in [-0.1, -0.05) is 13.8 Å². The highest BCUT2D eigenvalue weighted by atomic mass is 14.9. The van der Waals surface area contributed by atoms with Crippen molar-refractivity contribution >= 4 is 0 Å². The minimum atomic E-state index is 0.512. The second-order valence-corrected chi connectivity index (χ2v) is 5.84. The third kappa shape index (κ3) is 3.51. The van der Waals surface area contributed by atoms with Gasteiger partial charge >= 0.3 is 0 Å². The maximum atomic E-state index is 5.59. The maximum Gasteiger partial charge on any atom is 0.0542 e. The summed E-state index contributed by atoms with van der Waals surface area (Å²) in [6, 6.07) is 4.82. The van der Waals surface area contributed by atoms with Crippen LogP contribution in [0.2, 0.25) is 0 Å². The molecule has 1 aromatic heterocycles. The lowest BCUT2D eigenvalue weighted by molar-refractivity contribution is 0.364. The zero-order valence-corrected chi connectivity index (χ0v) is 10.9. The van der Waals surface area contributed by atoms with E-state index in [0.29, 0.717) is 18.0 Å². The van der Waals surface area contributed by atoms with Crippen molar-refractivity contribution in [2.45, 2.75) is 52.2 Å². The summed E-state index contributed by atoms with van der Waals surface area (Å²) in [4.78, 5) is 4.21. The Morgan fingerprint density at radius 3 is 3.00 bits per heavy atom. The van der Waals surface area contributed by atoms with Gasteiger partial charge in [-0.15, -0.1) is 0 Å². The smallest absolute Gasteiger partial charge is 0.0542 e. The van der Waals surface area contributed by atoms with Crippen LogP contribution in [0.5, 0.6) is 0 Å². The summed E-state index contributed by atoms with van der Waals surface area (Å²) in [5.74, 6) is 0. The molecular formula is C14H23N3. The number of hydrogen-bond acceptors (Lipinski definition) is 3. The molecule has 0 aromatic carbocycles. The van der Waals surface area contributed by atoms with Gasteiger partial charge in [0, 0.05) is 25.3 Å². The van der Waals surface area contributed by atoms with Gasteiger partial charge in [-0.05, 0) is 42.4 Å². The Hall–Kier alpha value is -0.930. The minimum Gasteiger partial charge on any atom is -0.325 e. The third-order valence-corrected chi connectivity index (χ3v) is 3.65. The van der Waals surface area contributed by atoms with E-state index in [-0.39, 0.29) is 0 Å². The molecule has 0 spiro atoms. The first kappa shape index (κ1) is 12.5. The highest BCUT2D eigenvalue weighted by Crippen LogP contribution is 2.36. The van der Waals surface area contributed by atoms with Crippen LogP contribution in [0.3, 0.4) is 0 Å². The molecule has 1 aliphatic rings. The molecule has 0 bridgehead atoms. The lowest BCUT2D eigenvalue weighted by Gasteiger charge is -2.18. The van der Waals surface area contributed by atoms with E-state index in [9.17, 15) is 0 Å². The standard InChI is InChI=1S/C14H23N3/c1-14(2)5-3-12(8-14)17-10-11-4-6-16-13(7-11)9-15/h4,6-7,12,17H,3,5,8-10,15H2,1-2H3. The molecule has 1 fully saturated rings. The fourth-order valence-electron chi connectivity index (χ4n) is 2.62. The van der Waals surface area contributed by atoms with Gasteiger partial charge < -0.3 is 11.1 Å². The first-order valence-corrected chi connectivity index (χ1v) is 6.46. The summed E-state index contributed by atoms with van der Waals surface area (Å²) in [5, 5.41) is 3.64. The van der Waals surface area contributed by atoms with Gasteiger partial charge in [0.15, 0.2) is 0 Å². The van der Waals surface area contributed by atoms with Crippen molar-refractivity contribution in [1.82, 2.24) is 10.3 Å². The summed E-state index contributed by atoms with van der Waals surface area (Å²) < 4.78 is 0. The number of nitrogens with zero attached hydrogens (tertiary/aromatic N) is 1. The van der Waals surface area contributed by atoms with E-state index in [4.69, 9.17) is 5.73 Å². The van der Waals surface area contributed by atoms with Crippen LogP contribution in [0.25, 0.3) is 0 Å². The molecule has 2 rings (SSSR count). The second kappa shape index (κ2) is 5.15. The number of hydrogen-bond donors (Lipinski definition) is 2. The Morgan fingerprint density at radius 1 is 1.53 bits per heavy atom. The van der Waals surface area contributed by atoms with Crippen LogP contribution in [-0.4, -0.2) is 11.0 Å². The number of pyridine rings is 1. The van der Waals surface area contributed by atoms with Crippen LogP contribution in [0.1, 0.15) is 44.4 Å². The molecule has 17 heavy (non-hydrogen) atoms. The van der Waals surface area contributed by atoms with E-state index in [1.54, 1.807) is 0 Å². The predicted molar refractivity (Wildman–Crippen MR) is 70.4 cm³/mol. The van der Waals surface area contributed by atoms with Crippen LogP contribution >= 0.6 is 0 Å². The Morgan fingerprint density at radius 2 is 2.35 bits per heavy atom. The Labute approximate surface area is 104 Å². The van der Waals surface area contributed by atoms with Gasteiger partial charge in [0.2, 0.25) is 0 Å². The van der Waals surface area contributed by atoms with Crippen molar-refractivity contribution in [3.63, 3.8) is 0 Å². The van der Waals surface area contributed by atoms with Gasteiger partial charge in [-0.3, -0.25) is 4.98 Å². The Balaban J connectivity index is 1.86. The molecule has 0 amide bonds. The maximum absolute atomic E-state index is 5.59. The van der Waals surface area contributed by atoms with Crippen molar-refractivity contribution in [1.29, 1.82) is 0 Å². The molecule has 3 nitrogen and oxygen atoms in total. The molecule has 0 radical (unpaired) electrons. The molecule has 1 aromatic rings. The zero-order valence-electron chi connectivity index (χ0n) is 10.9. The summed E-state index contributed by atoms with van der Waals surface area (Å²) in [6.07, 6.45) is 5.75. The fourth-order valence-corrected chi connectivity index (χ4v) is 2.62. The van der Waals surface area contributed by atoms with Crippen LogP contribution < -0.4 is 11.1 Å². The lowest BCUT2D eigenvalue weighted by Crippen LogP contribution is -2.26. The first-order chi connectivity index (χ1) is 8.09. The van der Waals surface area contributed by atoms with Crippen LogP contribution in [0, 0.1) is 5.41 Å². The monoisotopic (exact) mass is 233 g/mol. The average molecular weight is 233 g/mol. The molecule has 94 valence electrons. The van der Waals surface area contributed by atoms with Crippen LogP contribution in [0.4, 0.5) is 0 Å². The van der Waals surface area contributed by atoms with E-state index in [0.717, 1.165) is 12.2 Å². The molecule has 0 saturated heterocycles. The molecular weight excluding hydrogens is 210 g/mol. The summed E-state index contributed by atoms with van der Waals surface area (Å²) in [6.45, 7) is 6.15. The van der Waals surface area contributed by atoms with Crippen molar-refractivity contribution in [3.05, 3.63) is 29.6 Å². The molecule has 3 N–H and O–H groups in total. The van der Waals surface area contributed by atoms with Crippen LogP contribution in [0.15, 0.2) is 18.3 Å². The van der Waals surface area contributed by atoms with E-state index < -0.39 is 0 Å². The van der Waals surface area contributed by atoms with Gasteiger partial charge in [-0.2, -0.15) is 0 Å². The quantitative estimate of drug-likeness (QED) is 0.838. The van der Waals surface area contributed by atoms with Gasteiger partial charge in [0.1, 0.15) is 0 Å². The second-order valence-electron chi connectivity index (χ2n) is 5.84. The molecule has 1 aliphatic carbocycles. The number of aromatic nitrogens is 1. The summed E-state index contributed by atoms with van der Waals surface area (Å²) in [7, 11) is 0. The number of nitrogens with two attached hydrogens (primary N) is 1. The summed E-state index contributed by atoms with van der Waals surface area (Å²) >= 11 is 0. The topological polar surface area (TPSA) is 50.9 Å². The largest absolute Gasteiger partial charge is 0.325 e.